The van der Waals surface area contributed by atoms with E-state index in [4.69, 9.17) is 10.2 Å². The highest BCUT2D eigenvalue weighted by Gasteiger charge is 2.10. The zero-order chi connectivity index (χ0) is 13.0. The van der Waals surface area contributed by atoms with Crippen molar-refractivity contribution in [1.82, 2.24) is 10.2 Å². The number of non-ortho nitro benzene ring substituents is 1. The van der Waals surface area contributed by atoms with E-state index >= 15 is 0 Å². The minimum atomic E-state index is -0.458. The van der Waals surface area contributed by atoms with Gasteiger partial charge in [-0.3, -0.25) is 10.1 Å². The lowest BCUT2D eigenvalue weighted by Gasteiger charge is -1.94. The molecule has 0 aliphatic carbocycles. The Morgan fingerprint density at radius 3 is 2.67 bits per heavy atom. The van der Waals surface area contributed by atoms with Gasteiger partial charge in [0, 0.05) is 30.0 Å². The van der Waals surface area contributed by atoms with Crippen LogP contribution in [0.4, 0.5) is 5.69 Å². The largest absolute Gasteiger partial charge is 0.411 e. The standard InChI is InChI=1S/C10H10N4O3S/c11-5-6-18-10-13-12-9(17-10)7-1-3-8(4-2-7)14(15)16/h1-4H,5-6,11H2. The molecule has 0 aliphatic heterocycles. The molecule has 0 aliphatic rings. The van der Waals surface area contributed by atoms with E-state index in [1.54, 1.807) is 12.1 Å². The summed E-state index contributed by atoms with van der Waals surface area (Å²) < 4.78 is 5.39. The van der Waals surface area contributed by atoms with E-state index in [9.17, 15) is 10.1 Å². The first-order chi connectivity index (χ1) is 8.70. The third-order valence-corrected chi connectivity index (χ3v) is 2.93. The Labute approximate surface area is 107 Å². The van der Waals surface area contributed by atoms with Crippen LogP contribution < -0.4 is 5.73 Å². The second-order valence-corrected chi connectivity index (χ2v) is 4.36. The monoisotopic (exact) mass is 266 g/mol. The van der Waals surface area contributed by atoms with E-state index in [0.29, 0.717) is 29.0 Å². The van der Waals surface area contributed by atoms with Crippen LogP contribution in [-0.2, 0) is 0 Å². The van der Waals surface area contributed by atoms with Gasteiger partial charge in [0.05, 0.1) is 4.92 Å². The van der Waals surface area contributed by atoms with Gasteiger partial charge in [0.1, 0.15) is 0 Å². The molecule has 2 N–H and O–H groups in total. The average molecular weight is 266 g/mol. The second-order valence-electron chi connectivity index (χ2n) is 3.31. The molecule has 0 fully saturated rings. The minimum Gasteiger partial charge on any atom is -0.411 e. The number of rotatable bonds is 5. The maximum Gasteiger partial charge on any atom is 0.276 e. The maximum absolute atomic E-state index is 10.5. The minimum absolute atomic E-state index is 0.0241. The van der Waals surface area contributed by atoms with E-state index in [2.05, 4.69) is 10.2 Å². The number of nitro groups is 1. The highest BCUT2D eigenvalue weighted by molar-refractivity contribution is 7.99. The Hall–Kier alpha value is -1.93. The van der Waals surface area contributed by atoms with Crippen LogP contribution in [0.3, 0.4) is 0 Å². The molecule has 1 heterocycles. The molecule has 0 radical (unpaired) electrons. The molecule has 0 saturated carbocycles. The average Bonchev–Trinajstić information content (AvgIpc) is 2.85. The zero-order valence-corrected chi connectivity index (χ0v) is 10.1. The highest BCUT2D eigenvalue weighted by Crippen LogP contribution is 2.24. The summed E-state index contributed by atoms with van der Waals surface area (Å²) in [5.74, 6) is 1.03. The Morgan fingerprint density at radius 2 is 2.06 bits per heavy atom. The normalized spacial score (nSPS) is 10.5. The van der Waals surface area contributed by atoms with Crippen molar-refractivity contribution < 1.29 is 9.34 Å². The molecule has 0 unspecified atom stereocenters. The molecule has 0 atom stereocenters. The highest BCUT2D eigenvalue weighted by atomic mass is 32.2. The van der Waals surface area contributed by atoms with Crippen molar-refractivity contribution in [1.29, 1.82) is 0 Å². The van der Waals surface area contributed by atoms with E-state index in [-0.39, 0.29) is 5.69 Å². The smallest absolute Gasteiger partial charge is 0.276 e. The van der Waals surface area contributed by atoms with Crippen molar-refractivity contribution in [2.75, 3.05) is 12.3 Å². The van der Waals surface area contributed by atoms with Crippen molar-refractivity contribution in [3.05, 3.63) is 34.4 Å². The number of thioether (sulfide) groups is 1. The van der Waals surface area contributed by atoms with Crippen LogP contribution in [0.15, 0.2) is 33.9 Å². The van der Waals surface area contributed by atoms with Crippen LogP contribution in [0.5, 0.6) is 0 Å². The second kappa shape index (κ2) is 5.61. The number of nitrogens with two attached hydrogens (primary N) is 1. The van der Waals surface area contributed by atoms with Crippen LogP contribution in [-0.4, -0.2) is 27.4 Å². The van der Waals surface area contributed by atoms with E-state index in [0.717, 1.165) is 0 Å². The lowest BCUT2D eigenvalue weighted by molar-refractivity contribution is -0.384. The quantitative estimate of drug-likeness (QED) is 0.498. The Balaban J connectivity index is 2.15. The number of hydrogen-bond acceptors (Lipinski definition) is 7. The molecule has 7 nitrogen and oxygen atoms in total. The van der Waals surface area contributed by atoms with Gasteiger partial charge >= 0.3 is 0 Å². The topological polar surface area (TPSA) is 108 Å². The number of nitrogens with zero attached hydrogens (tertiary/aromatic N) is 3. The Bertz CT molecular complexity index is 540. The molecular weight excluding hydrogens is 256 g/mol. The summed E-state index contributed by atoms with van der Waals surface area (Å²) in [6, 6.07) is 5.94. The van der Waals surface area contributed by atoms with Gasteiger partial charge in [-0.05, 0) is 12.1 Å². The first kappa shape index (κ1) is 12.5. The van der Waals surface area contributed by atoms with E-state index in [1.165, 1.54) is 23.9 Å². The van der Waals surface area contributed by atoms with Gasteiger partial charge in [0.15, 0.2) is 0 Å². The molecule has 1 aromatic heterocycles. The molecule has 0 bridgehead atoms. The van der Waals surface area contributed by atoms with Crippen LogP contribution >= 0.6 is 11.8 Å². The van der Waals surface area contributed by atoms with Gasteiger partial charge in [-0.25, -0.2) is 0 Å². The molecule has 0 spiro atoms. The van der Waals surface area contributed by atoms with Crippen molar-refractivity contribution in [2.24, 2.45) is 5.73 Å². The van der Waals surface area contributed by atoms with E-state index in [1.807, 2.05) is 0 Å². The summed E-state index contributed by atoms with van der Waals surface area (Å²) in [5.41, 5.74) is 6.03. The third-order valence-electron chi connectivity index (χ3n) is 2.07. The fourth-order valence-corrected chi connectivity index (χ4v) is 1.79. The zero-order valence-electron chi connectivity index (χ0n) is 9.28. The SMILES string of the molecule is NCCSc1nnc(-c2ccc([N+](=O)[O-])cc2)o1. The summed E-state index contributed by atoms with van der Waals surface area (Å²) in [4.78, 5) is 10.1. The summed E-state index contributed by atoms with van der Waals surface area (Å²) in [7, 11) is 0. The summed E-state index contributed by atoms with van der Waals surface area (Å²) in [5, 5.41) is 18.7. The van der Waals surface area contributed by atoms with Crippen molar-refractivity contribution in [3.63, 3.8) is 0 Å². The van der Waals surface area contributed by atoms with Crippen molar-refractivity contribution in [3.8, 4) is 11.5 Å². The van der Waals surface area contributed by atoms with Gasteiger partial charge in [-0.2, -0.15) is 0 Å². The van der Waals surface area contributed by atoms with Crippen molar-refractivity contribution >= 4 is 17.4 Å². The molecule has 18 heavy (non-hydrogen) atoms. The predicted molar refractivity (Wildman–Crippen MR) is 66.2 cm³/mol. The Kier molecular flexibility index (Phi) is 3.90. The van der Waals surface area contributed by atoms with Crippen molar-refractivity contribution in [2.45, 2.75) is 5.22 Å². The van der Waals surface area contributed by atoms with Crippen LogP contribution in [0, 0.1) is 10.1 Å². The van der Waals surface area contributed by atoms with Gasteiger partial charge in [0.25, 0.3) is 10.9 Å². The third kappa shape index (κ3) is 2.84. The molecule has 0 saturated heterocycles. The summed E-state index contributed by atoms with van der Waals surface area (Å²) >= 11 is 1.37. The molecule has 2 aromatic rings. The van der Waals surface area contributed by atoms with Crippen LogP contribution in [0.25, 0.3) is 11.5 Å². The fourth-order valence-electron chi connectivity index (χ4n) is 1.26. The molecule has 94 valence electrons. The molecule has 8 heteroatoms. The molecule has 0 amide bonds. The summed E-state index contributed by atoms with van der Waals surface area (Å²) in [6.45, 7) is 0.528. The van der Waals surface area contributed by atoms with Gasteiger partial charge in [0.2, 0.25) is 5.89 Å². The van der Waals surface area contributed by atoms with Gasteiger partial charge in [-0.15, -0.1) is 10.2 Å². The van der Waals surface area contributed by atoms with Gasteiger partial charge in [-0.1, -0.05) is 11.8 Å². The fraction of sp³-hybridized carbons (Fsp3) is 0.200. The lowest BCUT2D eigenvalue weighted by Crippen LogP contribution is -2.00. The lowest BCUT2D eigenvalue weighted by atomic mass is 10.2. The Morgan fingerprint density at radius 1 is 1.33 bits per heavy atom. The predicted octanol–water partition coefficient (Wildman–Crippen LogP) is 1.70. The van der Waals surface area contributed by atoms with Crippen LogP contribution in [0.2, 0.25) is 0 Å². The van der Waals surface area contributed by atoms with Crippen LogP contribution in [0.1, 0.15) is 0 Å². The molecule has 1 aromatic carbocycles. The van der Waals surface area contributed by atoms with Gasteiger partial charge < -0.3 is 10.2 Å². The number of aromatic nitrogens is 2. The van der Waals surface area contributed by atoms with E-state index < -0.39 is 4.92 Å². The number of nitro benzene ring substituents is 1. The first-order valence-corrected chi connectivity index (χ1v) is 6.10. The summed E-state index contributed by atoms with van der Waals surface area (Å²) in [6.07, 6.45) is 0. The first-order valence-electron chi connectivity index (χ1n) is 5.12. The number of hydrogen-bond donors (Lipinski definition) is 1. The molecular formula is C10H10N4O3S. The molecule has 2 rings (SSSR count). The number of benzene rings is 1. The maximum atomic E-state index is 10.5.